The molecule has 0 spiro atoms. The Labute approximate surface area is 182 Å². The van der Waals surface area contributed by atoms with Crippen LogP contribution in [0.2, 0.25) is 0 Å². The Morgan fingerprint density at radius 3 is 1.82 bits per heavy atom. The van der Waals surface area contributed by atoms with Crippen molar-refractivity contribution in [2.75, 3.05) is 39.6 Å². The van der Waals surface area contributed by atoms with E-state index in [1.165, 1.54) is 0 Å². The fraction of sp³-hybridized carbons (Fsp3) is 1.00. The minimum absolute atomic E-state index is 0. The number of unbranched alkanes of at least 4 members (excludes halogenated alkanes) is 4. The highest BCUT2D eigenvalue weighted by molar-refractivity contribution is 4.87. The van der Waals surface area contributed by atoms with Crippen LogP contribution in [0.3, 0.4) is 0 Å². The first-order valence-corrected chi connectivity index (χ1v) is 11.2. The summed E-state index contributed by atoms with van der Waals surface area (Å²) in [5, 5.41) is 0. The third-order valence-electron chi connectivity index (χ3n) is 4.76. The number of hydrogen-bond donors (Lipinski definition) is 1. The van der Waals surface area contributed by atoms with Crippen LogP contribution < -0.4 is 22.7 Å². The molecule has 7 heteroatoms. The first-order valence-electron chi connectivity index (χ1n) is 11.2. The van der Waals surface area contributed by atoms with E-state index in [4.69, 9.17) is 23.7 Å². The van der Waals surface area contributed by atoms with Gasteiger partial charge in [0.25, 0.3) is 0 Å². The minimum atomic E-state index is -0.385. The molecule has 0 amide bonds. The largest absolute Gasteiger partial charge is 1.00 e. The van der Waals surface area contributed by atoms with Crippen molar-refractivity contribution >= 4 is 0 Å². The van der Waals surface area contributed by atoms with Crippen molar-refractivity contribution < 1.29 is 46.4 Å². The smallest absolute Gasteiger partial charge is 0.186 e. The Balaban J connectivity index is 0.00000729. The molecule has 0 saturated carbocycles. The predicted octanol–water partition coefficient (Wildman–Crippen LogP) is -0.0587. The summed E-state index contributed by atoms with van der Waals surface area (Å²) in [6.07, 6.45) is 7.61. The van der Waals surface area contributed by atoms with E-state index < -0.39 is 0 Å². The van der Waals surface area contributed by atoms with E-state index in [1.54, 1.807) is 0 Å². The van der Waals surface area contributed by atoms with E-state index in [0.717, 1.165) is 71.1 Å². The zero-order valence-corrected chi connectivity index (χ0v) is 19.9. The van der Waals surface area contributed by atoms with Crippen molar-refractivity contribution in [3.63, 3.8) is 0 Å². The number of rotatable bonds is 17. The van der Waals surface area contributed by atoms with Gasteiger partial charge in [-0.05, 0) is 32.1 Å². The van der Waals surface area contributed by atoms with Crippen molar-refractivity contribution in [1.82, 2.24) is 0 Å². The van der Waals surface area contributed by atoms with Crippen molar-refractivity contribution in [2.45, 2.75) is 96.7 Å². The molecule has 3 N–H and O–H groups in total. The lowest BCUT2D eigenvalue weighted by atomic mass is 10.0. The van der Waals surface area contributed by atoms with Crippen LogP contribution in [-0.4, -0.2) is 64.2 Å². The SMILES string of the molecule is CCCCO[C@H]1[C@H](OCCCC)COC(OCCCC[NH3+])[C@@H]1OCCCC.[Br-]. The summed E-state index contributed by atoms with van der Waals surface area (Å²) >= 11 is 0. The summed E-state index contributed by atoms with van der Waals surface area (Å²) in [6.45, 7) is 10.7. The van der Waals surface area contributed by atoms with Gasteiger partial charge >= 0.3 is 0 Å². The minimum Gasteiger partial charge on any atom is -1.00 e. The molecule has 170 valence electrons. The molecule has 1 heterocycles. The zero-order valence-electron chi connectivity index (χ0n) is 18.3. The standard InChI is InChI=1S/C21H43NO5.BrH/c1-4-7-13-23-18-17-27-21(26-16-11-10-12-22)20(25-15-9-6-3)19(18)24-14-8-5-2;/h18-21H,4-17,22H2,1-3H3;1H/t18-,19+,20-,21?;/m1./s1. The summed E-state index contributed by atoms with van der Waals surface area (Å²) < 4.78 is 30.6. The van der Waals surface area contributed by atoms with Crippen LogP contribution in [0.25, 0.3) is 0 Å². The third kappa shape index (κ3) is 11.4. The summed E-state index contributed by atoms with van der Waals surface area (Å²) in [7, 11) is 0. The van der Waals surface area contributed by atoms with Gasteiger partial charge in [0.15, 0.2) is 6.29 Å². The molecule has 0 radical (unpaired) electrons. The second kappa shape index (κ2) is 19.2. The number of halogens is 1. The number of quaternary nitrogens is 1. The van der Waals surface area contributed by atoms with E-state index in [1.807, 2.05) is 0 Å². The molecular weight excluding hydrogens is 426 g/mol. The molecule has 1 rings (SSSR count). The zero-order chi connectivity index (χ0) is 19.7. The Bertz CT molecular complexity index is 338. The van der Waals surface area contributed by atoms with E-state index >= 15 is 0 Å². The average Bonchev–Trinajstić information content (AvgIpc) is 2.68. The van der Waals surface area contributed by atoms with Crippen molar-refractivity contribution in [3.05, 3.63) is 0 Å². The van der Waals surface area contributed by atoms with Gasteiger partial charge in [-0.25, -0.2) is 0 Å². The molecule has 0 aromatic heterocycles. The molecule has 0 aromatic rings. The van der Waals surface area contributed by atoms with Gasteiger partial charge in [-0.15, -0.1) is 0 Å². The third-order valence-corrected chi connectivity index (χ3v) is 4.76. The average molecular weight is 470 g/mol. The van der Waals surface area contributed by atoms with Crippen molar-refractivity contribution in [3.8, 4) is 0 Å². The maximum atomic E-state index is 6.25. The van der Waals surface area contributed by atoms with Gasteiger partial charge < -0.3 is 46.4 Å². The maximum Gasteiger partial charge on any atom is 0.186 e. The molecule has 28 heavy (non-hydrogen) atoms. The highest BCUT2D eigenvalue weighted by Crippen LogP contribution is 2.25. The Morgan fingerprint density at radius 2 is 1.25 bits per heavy atom. The quantitative estimate of drug-likeness (QED) is 0.302. The van der Waals surface area contributed by atoms with Gasteiger partial charge in [-0.3, -0.25) is 0 Å². The first-order chi connectivity index (χ1) is 13.3. The van der Waals surface area contributed by atoms with Crippen LogP contribution in [0.1, 0.15) is 72.1 Å². The number of ether oxygens (including phenoxy) is 5. The lowest BCUT2D eigenvalue weighted by Crippen LogP contribution is -3.00. The topological polar surface area (TPSA) is 73.8 Å². The molecule has 1 aliphatic rings. The van der Waals surface area contributed by atoms with Gasteiger partial charge in [0, 0.05) is 19.8 Å². The molecule has 0 aromatic carbocycles. The monoisotopic (exact) mass is 469 g/mol. The fourth-order valence-corrected chi connectivity index (χ4v) is 2.99. The highest BCUT2D eigenvalue weighted by atomic mass is 79.9. The molecule has 6 nitrogen and oxygen atoms in total. The fourth-order valence-electron chi connectivity index (χ4n) is 2.99. The summed E-state index contributed by atoms with van der Waals surface area (Å²) in [4.78, 5) is 0. The van der Waals surface area contributed by atoms with Crippen LogP contribution in [0.5, 0.6) is 0 Å². The van der Waals surface area contributed by atoms with Gasteiger partial charge in [-0.2, -0.15) is 0 Å². The molecular formula is C21H44BrNO5. The highest BCUT2D eigenvalue weighted by Gasteiger charge is 2.43. The van der Waals surface area contributed by atoms with Gasteiger partial charge in [0.1, 0.15) is 18.3 Å². The molecule has 4 atom stereocenters. The van der Waals surface area contributed by atoms with Crippen molar-refractivity contribution in [1.29, 1.82) is 0 Å². The summed E-state index contributed by atoms with van der Waals surface area (Å²) in [6, 6.07) is 0. The van der Waals surface area contributed by atoms with Gasteiger partial charge in [0.05, 0.1) is 19.8 Å². The molecule has 1 fully saturated rings. The molecule has 0 aliphatic carbocycles. The lowest BCUT2D eigenvalue weighted by Gasteiger charge is -2.42. The maximum absolute atomic E-state index is 6.25. The van der Waals surface area contributed by atoms with E-state index in [-0.39, 0.29) is 41.6 Å². The summed E-state index contributed by atoms with van der Waals surface area (Å²) in [5.74, 6) is 0. The molecule has 0 bridgehead atoms. The first kappa shape index (κ1) is 28.2. The molecule has 1 saturated heterocycles. The lowest BCUT2D eigenvalue weighted by molar-refractivity contribution is -0.369. The van der Waals surface area contributed by atoms with Crippen LogP contribution in [0.15, 0.2) is 0 Å². The van der Waals surface area contributed by atoms with E-state index in [0.29, 0.717) is 19.8 Å². The Kier molecular flexibility index (Phi) is 19.4. The van der Waals surface area contributed by atoms with Gasteiger partial charge in [0.2, 0.25) is 0 Å². The van der Waals surface area contributed by atoms with E-state index in [2.05, 4.69) is 26.5 Å². The van der Waals surface area contributed by atoms with Crippen LogP contribution >= 0.6 is 0 Å². The van der Waals surface area contributed by atoms with Crippen molar-refractivity contribution in [2.24, 2.45) is 0 Å². The Hall–Kier alpha value is 0.240. The second-order valence-corrected chi connectivity index (χ2v) is 7.27. The number of hydrogen-bond acceptors (Lipinski definition) is 5. The van der Waals surface area contributed by atoms with Crippen LogP contribution in [-0.2, 0) is 23.7 Å². The Morgan fingerprint density at radius 1 is 0.714 bits per heavy atom. The van der Waals surface area contributed by atoms with Crippen LogP contribution in [0, 0.1) is 0 Å². The second-order valence-electron chi connectivity index (χ2n) is 7.27. The van der Waals surface area contributed by atoms with Crippen LogP contribution in [0.4, 0.5) is 0 Å². The van der Waals surface area contributed by atoms with Gasteiger partial charge in [-0.1, -0.05) is 40.0 Å². The normalized spacial score (nSPS) is 24.9. The summed E-state index contributed by atoms with van der Waals surface area (Å²) in [5.41, 5.74) is 3.89. The predicted molar refractivity (Wildman–Crippen MR) is 107 cm³/mol. The van der Waals surface area contributed by atoms with E-state index in [9.17, 15) is 0 Å². The molecule has 1 aliphatic heterocycles. The molecule has 1 unspecified atom stereocenters.